The van der Waals surface area contributed by atoms with E-state index in [2.05, 4.69) is 66.9 Å². The number of fused-ring (bicyclic) bond motifs is 1. The lowest BCUT2D eigenvalue weighted by Gasteiger charge is -2.23. The molecule has 0 N–H and O–H groups in total. The van der Waals surface area contributed by atoms with Gasteiger partial charge in [0, 0.05) is 29.9 Å². The van der Waals surface area contributed by atoms with Gasteiger partial charge in [-0.15, -0.1) is 0 Å². The molecule has 2 aromatic rings. The largest absolute Gasteiger partial charge is 0.370 e. The second-order valence-electron chi connectivity index (χ2n) is 3.80. The molecule has 0 saturated carbocycles. The van der Waals surface area contributed by atoms with Crippen LogP contribution < -0.4 is 4.90 Å². The number of benzene rings is 2. The van der Waals surface area contributed by atoms with Crippen LogP contribution in [0.5, 0.6) is 0 Å². The van der Waals surface area contributed by atoms with Crippen molar-refractivity contribution >= 4 is 29.1 Å². The number of anilines is 1. The van der Waals surface area contributed by atoms with Gasteiger partial charge in [0.05, 0.1) is 0 Å². The Kier molecular flexibility index (Phi) is 3.73. The average molecular weight is 231 g/mol. The van der Waals surface area contributed by atoms with Crippen molar-refractivity contribution in [3.8, 4) is 0 Å². The lowest BCUT2D eigenvalue weighted by Crippen LogP contribution is -2.25. The van der Waals surface area contributed by atoms with Crippen molar-refractivity contribution in [2.75, 3.05) is 23.7 Å². The molecule has 0 aliphatic rings. The Hall–Kier alpha value is -1.15. The fourth-order valence-corrected chi connectivity index (χ4v) is 2.30. The quantitative estimate of drug-likeness (QED) is 0.787. The third-order valence-electron chi connectivity index (χ3n) is 2.86. The van der Waals surface area contributed by atoms with Crippen molar-refractivity contribution in [3.63, 3.8) is 0 Å². The number of hydrogen-bond acceptors (Lipinski definition) is 2. The molecular formula is C14H17NS. The third kappa shape index (κ3) is 2.17. The molecule has 0 amide bonds. The van der Waals surface area contributed by atoms with Crippen LogP contribution in [0.3, 0.4) is 0 Å². The maximum atomic E-state index is 4.32. The van der Waals surface area contributed by atoms with Gasteiger partial charge in [-0.25, -0.2) is 0 Å². The van der Waals surface area contributed by atoms with Gasteiger partial charge in [0.1, 0.15) is 0 Å². The van der Waals surface area contributed by atoms with Gasteiger partial charge >= 0.3 is 0 Å². The zero-order valence-corrected chi connectivity index (χ0v) is 10.5. The molecule has 2 aromatic carbocycles. The number of thiol groups is 1. The Balaban J connectivity index is 2.50. The molecule has 0 radical (unpaired) electrons. The first kappa shape index (κ1) is 11.3. The molecule has 2 rings (SSSR count). The number of nitrogens with zero attached hydrogens (tertiary/aromatic N) is 1. The molecule has 0 aromatic heterocycles. The highest BCUT2D eigenvalue weighted by atomic mass is 32.1. The predicted octanol–water partition coefficient (Wildman–Crippen LogP) is 3.60. The maximum Gasteiger partial charge on any atom is 0.0446 e. The Morgan fingerprint density at radius 2 is 1.81 bits per heavy atom. The van der Waals surface area contributed by atoms with Crippen molar-refractivity contribution < 1.29 is 0 Å². The Bertz CT molecular complexity index is 462. The summed E-state index contributed by atoms with van der Waals surface area (Å²) in [5.74, 6) is 0.886. The fraction of sp³-hybridized carbons (Fsp3) is 0.286. The highest BCUT2D eigenvalue weighted by Crippen LogP contribution is 2.26. The SMILES string of the molecule is CCN(CCS)c1cccc2ccccc12. The number of hydrogen-bond donors (Lipinski definition) is 1. The van der Waals surface area contributed by atoms with Crippen LogP contribution in [0, 0.1) is 0 Å². The first-order valence-corrected chi connectivity index (χ1v) is 6.33. The second-order valence-corrected chi connectivity index (χ2v) is 4.25. The lowest BCUT2D eigenvalue weighted by atomic mass is 10.1. The summed E-state index contributed by atoms with van der Waals surface area (Å²) in [5, 5.41) is 2.63. The summed E-state index contributed by atoms with van der Waals surface area (Å²) in [7, 11) is 0. The first-order chi connectivity index (χ1) is 7.86. The summed E-state index contributed by atoms with van der Waals surface area (Å²) in [6.07, 6.45) is 0. The van der Waals surface area contributed by atoms with Gasteiger partial charge in [-0.3, -0.25) is 0 Å². The molecule has 0 unspecified atom stereocenters. The summed E-state index contributed by atoms with van der Waals surface area (Å²) in [5.41, 5.74) is 1.31. The van der Waals surface area contributed by atoms with Crippen LogP contribution in [0.4, 0.5) is 5.69 Å². The number of rotatable bonds is 4. The molecule has 0 aliphatic carbocycles. The van der Waals surface area contributed by atoms with E-state index in [1.807, 2.05) is 0 Å². The van der Waals surface area contributed by atoms with Crippen molar-refractivity contribution in [2.24, 2.45) is 0 Å². The van der Waals surface area contributed by atoms with E-state index < -0.39 is 0 Å². The molecule has 0 bridgehead atoms. The fourth-order valence-electron chi connectivity index (χ4n) is 2.05. The standard InChI is InChI=1S/C14H17NS/c1-2-15(10-11-16)14-9-5-7-12-6-3-4-8-13(12)14/h3-9,16H,2,10-11H2,1H3. The van der Waals surface area contributed by atoms with Crippen LogP contribution in [-0.4, -0.2) is 18.8 Å². The van der Waals surface area contributed by atoms with Gasteiger partial charge < -0.3 is 4.90 Å². The van der Waals surface area contributed by atoms with Crippen LogP contribution in [-0.2, 0) is 0 Å². The van der Waals surface area contributed by atoms with Crippen molar-refractivity contribution in [1.29, 1.82) is 0 Å². The van der Waals surface area contributed by atoms with Crippen LogP contribution in [0.15, 0.2) is 42.5 Å². The molecule has 16 heavy (non-hydrogen) atoms. The smallest absolute Gasteiger partial charge is 0.0446 e. The predicted molar refractivity (Wildman–Crippen MR) is 75.7 cm³/mol. The summed E-state index contributed by atoms with van der Waals surface area (Å²) in [4.78, 5) is 2.37. The molecule has 2 heteroatoms. The third-order valence-corrected chi connectivity index (χ3v) is 3.06. The molecule has 84 valence electrons. The van der Waals surface area contributed by atoms with E-state index in [1.54, 1.807) is 0 Å². The van der Waals surface area contributed by atoms with Crippen molar-refractivity contribution in [3.05, 3.63) is 42.5 Å². The lowest BCUT2D eigenvalue weighted by molar-refractivity contribution is 0.878. The van der Waals surface area contributed by atoms with Gasteiger partial charge in [0.25, 0.3) is 0 Å². The summed E-state index contributed by atoms with van der Waals surface area (Å²) < 4.78 is 0. The molecule has 0 heterocycles. The van der Waals surface area contributed by atoms with Crippen LogP contribution in [0.2, 0.25) is 0 Å². The summed E-state index contributed by atoms with van der Waals surface area (Å²) in [6, 6.07) is 15.0. The highest BCUT2D eigenvalue weighted by molar-refractivity contribution is 7.80. The molecule has 0 fully saturated rings. The van der Waals surface area contributed by atoms with E-state index in [-0.39, 0.29) is 0 Å². The first-order valence-electron chi connectivity index (χ1n) is 5.70. The second kappa shape index (κ2) is 5.26. The minimum Gasteiger partial charge on any atom is -0.370 e. The zero-order chi connectivity index (χ0) is 11.4. The Labute approximate surface area is 102 Å². The summed E-state index contributed by atoms with van der Waals surface area (Å²) >= 11 is 4.32. The van der Waals surface area contributed by atoms with E-state index in [4.69, 9.17) is 0 Å². The Morgan fingerprint density at radius 1 is 1.06 bits per heavy atom. The molecule has 1 nitrogen and oxygen atoms in total. The van der Waals surface area contributed by atoms with E-state index in [0.29, 0.717) is 0 Å². The average Bonchev–Trinajstić information content (AvgIpc) is 2.35. The van der Waals surface area contributed by atoms with Gasteiger partial charge in [0.15, 0.2) is 0 Å². The van der Waals surface area contributed by atoms with Crippen LogP contribution in [0.1, 0.15) is 6.92 Å². The van der Waals surface area contributed by atoms with E-state index in [9.17, 15) is 0 Å². The Morgan fingerprint density at radius 3 is 2.56 bits per heavy atom. The minimum atomic E-state index is 0.886. The van der Waals surface area contributed by atoms with Crippen LogP contribution in [0.25, 0.3) is 10.8 Å². The molecule has 0 saturated heterocycles. The van der Waals surface area contributed by atoms with Crippen LogP contribution >= 0.6 is 12.6 Å². The summed E-state index contributed by atoms with van der Waals surface area (Å²) in [6.45, 7) is 4.20. The van der Waals surface area contributed by atoms with Crippen molar-refractivity contribution in [1.82, 2.24) is 0 Å². The molecular weight excluding hydrogens is 214 g/mol. The monoisotopic (exact) mass is 231 g/mol. The van der Waals surface area contributed by atoms with Crippen molar-refractivity contribution in [2.45, 2.75) is 6.92 Å². The van der Waals surface area contributed by atoms with Gasteiger partial charge in [-0.1, -0.05) is 36.4 Å². The molecule has 0 aliphatic heterocycles. The van der Waals surface area contributed by atoms with Gasteiger partial charge in [-0.2, -0.15) is 12.6 Å². The van der Waals surface area contributed by atoms with E-state index >= 15 is 0 Å². The zero-order valence-electron chi connectivity index (χ0n) is 9.56. The van der Waals surface area contributed by atoms with E-state index in [0.717, 1.165) is 18.8 Å². The topological polar surface area (TPSA) is 3.24 Å². The normalized spacial score (nSPS) is 10.6. The van der Waals surface area contributed by atoms with Gasteiger partial charge in [-0.05, 0) is 18.4 Å². The minimum absolute atomic E-state index is 0.886. The van der Waals surface area contributed by atoms with E-state index in [1.165, 1.54) is 16.5 Å². The molecule has 0 atom stereocenters. The maximum absolute atomic E-state index is 4.32. The highest BCUT2D eigenvalue weighted by Gasteiger charge is 2.06. The molecule has 0 spiro atoms. The van der Waals surface area contributed by atoms with Gasteiger partial charge in [0.2, 0.25) is 0 Å².